The third-order valence-electron chi connectivity index (χ3n) is 3.28. The van der Waals surface area contributed by atoms with Gasteiger partial charge in [-0.3, -0.25) is 4.98 Å². The maximum atomic E-state index is 9.48. The normalized spacial score (nSPS) is 24.4. The maximum Gasteiger partial charge on any atom is 0.160 e. The molecule has 17 heavy (non-hydrogen) atoms. The van der Waals surface area contributed by atoms with Crippen molar-refractivity contribution in [2.45, 2.75) is 44.8 Å². The number of aliphatic hydroxyl groups excluding tert-OH is 1. The van der Waals surface area contributed by atoms with E-state index in [1.54, 1.807) is 13.3 Å². The molecule has 4 nitrogen and oxygen atoms in total. The van der Waals surface area contributed by atoms with Crippen LogP contribution in [0.5, 0.6) is 5.75 Å². The average molecular weight is 236 g/mol. The Morgan fingerprint density at radius 2 is 2.06 bits per heavy atom. The third kappa shape index (κ3) is 3.09. The van der Waals surface area contributed by atoms with Gasteiger partial charge in [-0.1, -0.05) is 0 Å². The second-order valence-corrected chi connectivity index (χ2v) is 4.68. The quantitative estimate of drug-likeness (QED) is 0.844. The van der Waals surface area contributed by atoms with E-state index >= 15 is 0 Å². The van der Waals surface area contributed by atoms with Crippen LogP contribution in [0.3, 0.4) is 0 Å². The summed E-state index contributed by atoms with van der Waals surface area (Å²) >= 11 is 0. The van der Waals surface area contributed by atoms with Crippen LogP contribution in [0.15, 0.2) is 12.3 Å². The van der Waals surface area contributed by atoms with Gasteiger partial charge in [-0.15, -0.1) is 0 Å². The second kappa shape index (κ2) is 5.36. The summed E-state index contributed by atoms with van der Waals surface area (Å²) < 4.78 is 5.29. The van der Waals surface area contributed by atoms with Crippen molar-refractivity contribution in [1.29, 1.82) is 0 Å². The number of aryl methyl sites for hydroxylation is 1. The lowest BCUT2D eigenvalue weighted by atomic mass is 9.93. The molecule has 0 bridgehead atoms. The Kier molecular flexibility index (Phi) is 3.84. The molecule has 1 heterocycles. The number of pyridine rings is 1. The molecule has 2 N–H and O–H groups in total. The van der Waals surface area contributed by atoms with Crippen LogP contribution in [0.2, 0.25) is 0 Å². The molecule has 1 saturated carbocycles. The van der Waals surface area contributed by atoms with Gasteiger partial charge in [0.25, 0.3) is 0 Å². The van der Waals surface area contributed by atoms with Gasteiger partial charge in [-0.05, 0) is 38.7 Å². The summed E-state index contributed by atoms with van der Waals surface area (Å²) in [6.07, 6.45) is 5.40. The fourth-order valence-corrected chi connectivity index (χ4v) is 2.26. The topological polar surface area (TPSA) is 54.4 Å². The van der Waals surface area contributed by atoms with E-state index in [0.717, 1.165) is 42.8 Å². The smallest absolute Gasteiger partial charge is 0.160 e. The van der Waals surface area contributed by atoms with E-state index in [2.05, 4.69) is 10.3 Å². The van der Waals surface area contributed by atoms with Crippen molar-refractivity contribution >= 4 is 5.69 Å². The van der Waals surface area contributed by atoms with Crippen LogP contribution in [0, 0.1) is 6.92 Å². The Morgan fingerprint density at radius 1 is 1.35 bits per heavy atom. The number of aromatic nitrogens is 1. The Labute approximate surface area is 102 Å². The SMILES string of the molecule is COc1cnc(C)cc1NC1CCC(O)CC1. The lowest BCUT2D eigenvalue weighted by Crippen LogP contribution is -2.28. The lowest BCUT2D eigenvalue weighted by molar-refractivity contribution is 0.126. The number of ether oxygens (including phenoxy) is 1. The number of nitrogens with one attached hydrogen (secondary N) is 1. The number of rotatable bonds is 3. The summed E-state index contributed by atoms with van der Waals surface area (Å²) in [4.78, 5) is 4.21. The highest BCUT2D eigenvalue weighted by molar-refractivity contribution is 5.56. The Morgan fingerprint density at radius 3 is 2.71 bits per heavy atom. The molecular weight excluding hydrogens is 216 g/mol. The molecular formula is C13H20N2O2. The molecule has 0 amide bonds. The molecule has 0 spiro atoms. The highest BCUT2D eigenvalue weighted by atomic mass is 16.5. The Balaban J connectivity index is 2.04. The minimum Gasteiger partial charge on any atom is -0.493 e. The van der Waals surface area contributed by atoms with Crippen molar-refractivity contribution in [2.24, 2.45) is 0 Å². The fourth-order valence-electron chi connectivity index (χ4n) is 2.26. The number of nitrogens with zero attached hydrogens (tertiary/aromatic N) is 1. The van der Waals surface area contributed by atoms with E-state index in [0.29, 0.717) is 6.04 Å². The average Bonchev–Trinajstić information content (AvgIpc) is 2.32. The number of hydrogen-bond donors (Lipinski definition) is 2. The zero-order valence-corrected chi connectivity index (χ0v) is 10.4. The van der Waals surface area contributed by atoms with Gasteiger partial charge in [0.05, 0.1) is 25.1 Å². The van der Waals surface area contributed by atoms with Crippen molar-refractivity contribution < 1.29 is 9.84 Å². The van der Waals surface area contributed by atoms with Gasteiger partial charge in [0.2, 0.25) is 0 Å². The number of anilines is 1. The predicted octanol–water partition coefficient (Wildman–Crippen LogP) is 2.11. The molecule has 94 valence electrons. The minimum absolute atomic E-state index is 0.117. The third-order valence-corrected chi connectivity index (χ3v) is 3.28. The van der Waals surface area contributed by atoms with E-state index in [9.17, 15) is 5.11 Å². The van der Waals surface area contributed by atoms with Crippen molar-refractivity contribution in [3.63, 3.8) is 0 Å². The predicted molar refractivity (Wildman–Crippen MR) is 67.4 cm³/mol. The zero-order valence-electron chi connectivity index (χ0n) is 10.4. The maximum absolute atomic E-state index is 9.48. The van der Waals surface area contributed by atoms with Crippen molar-refractivity contribution in [3.05, 3.63) is 18.0 Å². The van der Waals surface area contributed by atoms with Gasteiger partial charge >= 0.3 is 0 Å². The van der Waals surface area contributed by atoms with E-state index < -0.39 is 0 Å². The number of methoxy groups -OCH3 is 1. The first-order valence-corrected chi connectivity index (χ1v) is 6.14. The first kappa shape index (κ1) is 12.2. The van der Waals surface area contributed by atoms with E-state index in [1.165, 1.54) is 0 Å². The van der Waals surface area contributed by atoms with Gasteiger partial charge in [-0.2, -0.15) is 0 Å². The van der Waals surface area contributed by atoms with E-state index in [1.807, 2.05) is 13.0 Å². The molecule has 2 rings (SSSR count). The standard InChI is InChI=1S/C13H20N2O2/c1-9-7-12(13(17-2)8-14-9)15-10-3-5-11(16)6-4-10/h7-8,10-11,16H,3-6H2,1-2H3,(H,14,15). The monoisotopic (exact) mass is 236 g/mol. The molecule has 0 saturated heterocycles. The van der Waals surface area contributed by atoms with Crippen molar-refractivity contribution in [1.82, 2.24) is 4.98 Å². The molecule has 1 aliphatic rings. The summed E-state index contributed by atoms with van der Waals surface area (Å²) in [5, 5.41) is 13.0. The molecule has 1 fully saturated rings. The molecule has 0 atom stereocenters. The molecule has 0 radical (unpaired) electrons. The molecule has 0 aromatic carbocycles. The van der Waals surface area contributed by atoms with Crippen LogP contribution in [0.25, 0.3) is 0 Å². The summed E-state index contributed by atoms with van der Waals surface area (Å²) in [6, 6.07) is 2.43. The summed E-state index contributed by atoms with van der Waals surface area (Å²) in [5.41, 5.74) is 1.98. The van der Waals surface area contributed by atoms with Crippen LogP contribution < -0.4 is 10.1 Å². The summed E-state index contributed by atoms with van der Waals surface area (Å²) in [7, 11) is 1.65. The molecule has 1 aromatic heterocycles. The Bertz CT molecular complexity index is 374. The molecule has 0 aliphatic heterocycles. The highest BCUT2D eigenvalue weighted by Crippen LogP contribution is 2.28. The molecule has 4 heteroatoms. The van der Waals surface area contributed by atoms with Gasteiger partial charge in [0.15, 0.2) is 5.75 Å². The number of aliphatic hydroxyl groups is 1. The van der Waals surface area contributed by atoms with Gasteiger partial charge in [0.1, 0.15) is 0 Å². The second-order valence-electron chi connectivity index (χ2n) is 4.68. The highest BCUT2D eigenvalue weighted by Gasteiger charge is 2.20. The first-order chi connectivity index (χ1) is 8.19. The summed E-state index contributed by atoms with van der Waals surface area (Å²) in [6.45, 7) is 1.97. The Hall–Kier alpha value is -1.29. The molecule has 1 aliphatic carbocycles. The minimum atomic E-state index is -0.117. The largest absolute Gasteiger partial charge is 0.493 e. The van der Waals surface area contributed by atoms with Gasteiger partial charge in [-0.25, -0.2) is 0 Å². The first-order valence-electron chi connectivity index (χ1n) is 6.14. The van der Waals surface area contributed by atoms with E-state index in [4.69, 9.17) is 4.74 Å². The van der Waals surface area contributed by atoms with Gasteiger partial charge in [0, 0.05) is 11.7 Å². The fraction of sp³-hybridized carbons (Fsp3) is 0.615. The van der Waals surface area contributed by atoms with Crippen LogP contribution in [0.1, 0.15) is 31.4 Å². The molecule has 1 aromatic rings. The van der Waals surface area contributed by atoms with Crippen LogP contribution in [-0.2, 0) is 0 Å². The van der Waals surface area contributed by atoms with Crippen LogP contribution in [0.4, 0.5) is 5.69 Å². The lowest BCUT2D eigenvalue weighted by Gasteiger charge is -2.27. The van der Waals surface area contributed by atoms with Crippen LogP contribution >= 0.6 is 0 Å². The zero-order chi connectivity index (χ0) is 12.3. The molecule has 0 unspecified atom stereocenters. The van der Waals surface area contributed by atoms with Crippen molar-refractivity contribution in [3.8, 4) is 5.75 Å². The van der Waals surface area contributed by atoms with E-state index in [-0.39, 0.29) is 6.10 Å². The van der Waals surface area contributed by atoms with Crippen LogP contribution in [-0.4, -0.2) is 29.3 Å². The summed E-state index contributed by atoms with van der Waals surface area (Å²) in [5.74, 6) is 0.779. The van der Waals surface area contributed by atoms with Gasteiger partial charge < -0.3 is 15.2 Å². The van der Waals surface area contributed by atoms with Crippen molar-refractivity contribution in [2.75, 3.05) is 12.4 Å². The number of hydrogen-bond acceptors (Lipinski definition) is 4.